The van der Waals surface area contributed by atoms with Crippen molar-refractivity contribution in [1.29, 1.82) is 0 Å². The number of aromatic nitrogens is 2. The van der Waals surface area contributed by atoms with Crippen LogP contribution in [0, 0.1) is 0 Å². The third-order valence-corrected chi connectivity index (χ3v) is 2.81. The first-order valence-electron chi connectivity index (χ1n) is 7.01. The van der Waals surface area contributed by atoms with Gasteiger partial charge in [0.1, 0.15) is 17.7 Å². The molecule has 0 bridgehead atoms. The van der Waals surface area contributed by atoms with Crippen molar-refractivity contribution in [1.82, 2.24) is 9.97 Å². The van der Waals surface area contributed by atoms with Gasteiger partial charge in [-0.1, -0.05) is 0 Å². The minimum Gasteiger partial charge on any atom is -0.474 e. The van der Waals surface area contributed by atoms with Crippen molar-refractivity contribution in [2.75, 3.05) is 5.32 Å². The van der Waals surface area contributed by atoms with Gasteiger partial charge in [-0.15, -0.1) is 0 Å². The van der Waals surface area contributed by atoms with E-state index >= 15 is 0 Å². The molecule has 0 fully saturated rings. The minimum atomic E-state index is -0.648. The highest BCUT2D eigenvalue weighted by Crippen LogP contribution is 2.20. The van der Waals surface area contributed by atoms with Crippen LogP contribution in [0.2, 0.25) is 0 Å². The molecule has 2 N–H and O–H groups in total. The average Bonchev–Trinajstić information content (AvgIpc) is 2.91. The van der Waals surface area contributed by atoms with E-state index in [9.17, 15) is 5.11 Å². The maximum atomic E-state index is 10.0. The summed E-state index contributed by atoms with van der Waals surface area (Å²) in [7, 11) is 0. The van der Waals surface area contributed by atoms with Gasteiger partial charge < -0.3 is 19.6 Å². The van der Waals surface area contributed by atoms with E-state index < -0.39 is 6.10 Å². The zero-order valence-electron chi connectivity index (χ0n) is 12.5. The van der Waals surface area contributed by atoms with Crippen LogP contribution in [0.15, 0.2) is 35.2 Å². The molecule has 0 amide bonds. The SMILES string of the molecule is CC(CC(O)c1ccco1)Nc1cncc(OC(C)C)n1. The van der Waals surface area contributed by atoms with Gasteiger partial charge in [-0.3, -0.25) is 4.98 Å². The van der Waals surface area contributed by atoms with E-state index in [1.165, 1.54) is 0 Å². The van der Waals surface area contributed by atoms with Crippen LogP contribution in [0.1, 0.15) is 39.1 Å². The molecule has 2 atom stereocenters. The first kappa shape index (κ1) is 15.3. The van der Waals surface area contributed by atoms with E-state index in [2.05, 4.69) is 15.3 Å². The topological polar surface area (TPSA) is 80.4 Å². The number of hydrogen-bond acceptors (Lipinski definition) is 6. The Morgan fingerprint density at radius 3 is 2.81 bits per heavy atom. The molecule has 6 nitrogen and oxygen atoms in total. The number of ether oxygens (including phenoxy) is 1. The van der Waals surface area contributed by atoms with Crippen LogP contribution in [-0.2, 0) is 0 Å². The Labute approximate surface area is 124 Å². The van der Waals surface area contributed by atoms with Crippen molar-refractivity contribution in [3.63, 3.8) is 0 Å². The molecular weight excluding hydrogens is 270 g/mol. The van der Waals surface area contributed by atoms with Crippen molar-refractivity contribution in [3.05, 3.63) is 36.5 Å². The summed E-state index contributed by atoms with van der Waals surface area (Å²) in [6, 6.07) is 3.53. The summed E-state index contributed by atoms with van der Waals surface area (Å²) in [5, 5.41) is 13.2. The number of hydrogen-bond donors (Lipinski definition) is 2. The molecule has 21 heavy (non-hydrogen) atoms. The predicted octanol–water partition coefficient (Wildman–Crippen LogP) is 2.78. The summed E-state index contributed by atoms with van der Waals surface area (Å²) in [6.07, 6.45) is 4.66. The number of aliphatic hydroxyl groups is 1. The zero-order chi connectivity index (χ0) is 15.2. The molecule has 2 aromatic rings. The second-order valence-electron chi connectivity index (χ2n) is 5.22. The number of furan rings is 1. The lowest BCUT2D eigenvalue weighted by Crippen LogP contribution is -2.19. The highest BCUT2D eigenvalue weighted by Gasteiger charge is 2.15. The smallest absolute Gasteiger partial charge is 0.234 e. The van der Waals surface area contributed by atoms with Crippen LogP contribution in [0.4, 0.5) is 5.82 Å². The predicted molar refractivity (Wildman–Crippen MR) is 79.2 cm³/mol. The average molecular weight is 291 g/mol. The largest absolute Gasteiger partial charge is 0.474 e. The summed E-state index contributed by atoms with van der Waals surface area (Å²) >= 11 is 0. The quantitative estimate of drug-likeness (QED) is 0.816. The van der Waals surface area contributed by atoms with E-state index in [0.29, 0.717) is 23.9 Å². The van der Waals surface area contributed by atoms with Crippen LogP contribution >= 0.6 is 0 Å². The third kappa shape index (κ3) is 4.75. The fraction of sp³-hybridized carbons (Fsp3) is 0.467. The van der Waals surface area contributed by atoms with Gasteiger partial charge in [-0.05, 0) is 32.9 Å². The maximum absolute atomic E-state index is 10.0. The maximum Gasteiger partial charge on any atom is 0.234 e. The van der Waals surface area contributed by atoms with Gasteiger partial charge in [0, 0.05) is 12.5 Å². The second-order valence-corrected chi connectivity index (χ2v) is 5.22. The van der Waals surface area contributed by atoms with Crippen LogP contribution < -0.4 is 10.1 Å². The summed E-state index contributed by atoms with van der Waals surface area (Å²) in [6.45, 7) is 5.83. The molecule has 2 heterocycles. The Balaban J connectivity index is 1.91. The van der Waals surface area contributed by atoms with E-state index in [4.69, 9.17) is 9.15 Å². The second kappa shape index (κ2) is 7.08. The Morgan fingerprint density at radius 1 is 1.33 bits per heavy atom. The molecule has 2 rings (SSSR count). The fourth-order valence-corrected chi connectivity index (χ4v) is 1.96. The van der Waals surface area contributed by atoms with E-state index in [-0.39, 0.29) is 12.1 Å². The monoisotopic (exact) mass is 291 g/mol. The molecule has 0 saturated heterocycles. The van der Waals surface area contributed by atoms with Crippen molar-refractivity contribution in [2.45, 2.75) is 45.4 Å². The van der Waals surface area contributed by atoms with Gasteiger partial charge in [-0.25, -0.2) is 0 Å². The molecule has 6 heteroatoms. The first-order chi connectivity index (χ1) is 10.0. The highest BCUT2D eigenvalue weighted by molar-refractivity contribution is 5.34. The highest BCUT2D eigenvalue weighted by atomic mass is 16.5. The summed E-state index contributed by atoms with van der Waals surface area (Å²) in [5.41, 5.74) is 0. The first-order valence-corrected chi connectivity index (χ1v) is 7.01. The molecule has 0 aromatic carbocycles. The number of anilines is 1. The molecule has 0 aliphatic heterocycles. The number of nitrogens with zero attached hydrogens (tertiary/aromatic N) is 2. The van der Waals surface area contributed by atoms with Crippen LogP contribution in [0.5, 0.6) is 5.88 Å². The van der Waals surface area contributed by atoms with Gasteiger partial charge in [0.15, 0.2) is 0 Å². The molecule has 2 unspecified atom stereocenters. The van der Waals surface area contributed by atoms with Gasteiger partial charge in [0.25, 0.3) is 0 Å². The van der Waals surface area contributed by atoms with Gasteiger partial charge >= 0.3 is 0 Å². The fourth-order valence-electron chi connectivity index (χ4n) is 1.96. The normalized spacial score (nSPS) is 14.0. The lowest BCUT2D eigenvalue weighted by atomic mass is 10.1. The molecule has 0 radical (unpaired) electrons. The third-order valence-electron chi connectivity index (χ3n) is 2.81. The van der Waals surface area contributed by atoms with E-state index in [0.717, 1.165) is 0 Å². The number of nitrogens with one attached hydrogen (secondary N) is 1. The standard InChI is InChI=1S/C15H21N3O3/c1-10(2)21-15-9-16-8-14(18-15)17-11(3)7-12(19)13-5-4-6-20-13/h4-6,8-12,19H,7H2,1-3H3,(H,17,18). The van der Waals surface area contributed by atoms with Gasteiger partial charge in [0.2, 0.25) is 5.88 Å². The number of rotatable bonds is 7. The Kier molecular flexibility index (Phi) is 5.16. The van der Waals surface area contributed by atoms with Crippen molar-refractivity contribution < 1.29 is 14.3 Å². The van der Waals surface area contributed by atoms with Crippen molar-refractivity contribution in [3.8, 4) is 5.88 Å². The number of aliphatic hydroxyl groups excluding tert-OH is 1. The van der Waals surface area contributed by atoms with Crippen LogP contribution in [0.3, 0.4) is 0 Å². The molecule has 0 saturated carbocycles. The van der Waals surface area contributed by atoms with Crippen LogP contribution in [0.25, 0.3) is 0 Å². The lowest BCUT2D eigenvalue weighted by Gasteiger charge is -2.17. The van der Waals surface area contributed by atoms with Gasteiger partial charge in [-0.2, -0.15) is 4.98 Å². The van der Waals surface area contributed by atoms with Gasteiger partial charge in [0.05, 0.1) is 24.8 Å². The van der Waals surface area contributed by atoms with Crippen LogP contribution in [-0.4, -0.2) is 27.2 Å². The molecule has 0 spiro atoms. The minimum absolute atomic E-state index is 0.00806. The summed E-state index contributed by atoms with van der Waals surface area (Å²) in [4.78, 5) is 8.41. The Morgan fingerprint density at radius 2 is 2.14 bits per heavy atom. The van der Waals surface area contributed by atoms with E-state index in [1.54, 1.807) is 30.8 Å². The summed E-state index contributed by atoms with van der Waals surface area (Å²) in [5.74, 6) is 1.66. The van der Waals surface area contributed by atoms with E-state index in [1.807, 2.05) is 20.8 Å². The molecule has 114 valence electrons. The molecule has 2 aromatic heterocycles. The Hall–Kier alpha value is -2.08. The lowest BCUT2D eigenvalue weighted by molar-refractivity contribution is 0.136. The molecular formula is C15H21N3O3. The van der Waals surface area contributed by atoms with Crippen molar-refractivity contribution in [2.24, 2.45) is 0 Å². The zero-order valence-corrected chi connectivity index (χ0v) is 12.5. The molecule has 0 aliphatic carbocycles. The Bertz CT molecular complexity index is 543. The van der Waals surface area contributed by atoms with Crippen molar-refractivity contribution >= 4 is 5.82 Å². The summed E-state index contributed by atoms with van der Waals surface area (Å²) < 4.78 is 10.7. The molecule has 0 aliphatic rings.